The fourth-order valence-corrected chi connectivity index (χ4v) is 3.38. The molecule has 28 heavy (non-hydrogen) atoms. The summed E-state index contributed by atoms with van der Waals surface area (Å²) in [5.74, 6) is -0.447. The Morgan fingerprint density at radius 2 is 1.79 bits per heavy atom. The highest BCUT2D eigenvalue weighted by Crippen LogP contribution is 2.27. The molecule has 144 valence electrons. The second-order valence-corrected chi connectivity index (χ2v) is 7.46. The van der Waals surface area contributed by atoms with Crippen LogP contribution >= 0.6 is 0 Å². The van der Waals surface area contributed by atoms with Crippen molar-refractivity contribution in [3.63, 3.8) is 0 Å². The SMILES string of the molecule is O=C(CCC1Cc2ccccc2NC1=O)Nc1ccc(C(=O)NC2CC2)cc1. The van der Waals surface area contributed by atoms with Crippen molar-refractivity contribution in [3.8, 4) is 0 Å². The predicted molar refractivity (Wildman–Crippen MR) is 107 cm³/mol. The molecule has 0 aromatic heterocycles. The van der Waals surface area contributed by atoms with Crippen LogP contribution in [0.1, 0.15) is 41.6 Å². The van der Waals surface area contributed by atoms with E-state index in [1.807, 2.05) is 24.3 Å². The van der Waals surface area contributed by atoms with Gasteiger partial charge in [0.1, 0.15) is 0 Å². The summed E-state index contributed by atoms with van der Waals surface area (Å²) < 4.78 is 0. The molecular weight excluding hydrogens is 354 g/mol. The number of hydrogen-bond donors (Lipinski definition) is 3. The molecule has 1 aliphatic carbocycles. The lowest BCUT2D eigenvalue weighted by Crippen LogP contribution is -2.30. The van der Waals surface area contributed by atoms with Crippen molar-refractivity contribution >= 4 is 29.1 Å². The molecule has 1 unspecified atom stereocenters. The van der Waals surface area contributed by atoms with Gasteiger partial charge in [0, 0.05) is 35.3 Å². The summed E-state index contributed by atoms with van der Waals surface area (Å²) >= 11 is 0. The van der Waals surface area contributed by atoms with Crippen molar-refractivity contribution in [3.05, 3.63) is 59.7 Å². The Hall–Kier alpha value is -3.15. The quantitative estimate of drug-likeness (QED) is 0.723. The van der Waals surface area contributed by atoms with Gasteiger partial charge in [-0.15, -0.1) is 0 Å². The van der Waals surface area contributed by atoms with Crippen LogP contribution in [0, 0.1) is 5.92 Å². The molecule has 1 atom stereocenters. The highest BCUT2D eigenvalue weighted by Gasteiger charge is 2.26. The van der Waals surface area contributed by atoms with Gasteiger partial charge >= 0.3 is 0 Å². The van der Waals surface area contributed by atoms with Crippen LogP contribution in [0.3, 0.4) is 0 Å². The smallest absolute Gasteiger partial charge is 0.251 e. The molecule has 3 N–H and O–H groups in total. The lowest BCUT2D eigenvalue weighted by Gasteiger charge is -2.24. The first-order chi connectivity index (χ1) is 13.6. The van der Waals surface area contributed by atoms with Crippen molar-refractivity contribution in [2.75, 3.05) is 10.6 Å². The van der Waals surface area contributed by atoms with Crippen LogP contribution in [0.25, 0.3) is 0 Å². The highest BCUT2D eigenvalue weighted by molar-refractivity contribution is 5.97. The molecule has 1 heterocycles. The summed E-state index contributed by atoms with van der Waals surface area (Å²) in [6.45, 7) is 0. The van der Waals surface area contributed by atoms with Gasteiger partial charge in [0.2, 0.25) is 11.8 Å². The Bertz CT molecular complexity index is 903. The maximum Gasteiger partial charge on any atom is 0.251 e. The Morgan fingerprint density at radius 1 is 1.04 bits per heavy atom. The predicted octanol–water partition coefficient (Wildman–Crippen LogP) is 3.11. The van der Waals surface area contributed by atoms with Crippen LogP contribution < -0.4 is 16.0 Å². The fourth-order valence-electron chi connectivity index (χ4n) is 3.38. The van der Waals surface area contributed by atoms with E-state index in [1.54, 1.807) is 24.3 Å². The second-order valence-electron chi connectivity index (χ2n) is 7.46. The summed E-state index contributed by atoms with van der Waals surface area (Å²) in [7, 11) is 0. The van der Waals surface area contributed by atoms with Gasteiger partial charge in [0.25, 0.3) is 5.91 Å². The van der Waals surface area contributed by atoms with Gasteiger partial charge in [0.05, 0.1) is 0 Å². The normalized spacial score (nSPS) is 18.0. The minimum Gasteiger partial charge on any atom is -0.349 e. The molecule has 2 aromatic rings. The first-order valence-electron chi connectivity index (χ1n) is 9.68. The lowest BCUT2D eigenvalue weighted by molar-refractivity contribution is -0.121. The van der Waals surface area contributed by atoms with Crippen molar-refractivity contribution in [1.82, 2.24) is 5.32 Å². The minimum absolute atomic E-state index is 0.0301. The Morgan fingerprint density at radius 3 is 2.54 bits per heavy atom. The third-order valence-electron chi connectivity index (χ3n) is 5.18. The van der Waals surface area contributed by atoms with Crippen molar-refractivity contribution in [2.45, 2.75) is 38.1 Å². The second kappa shape index (κ2) is 7.84. The summed E-state index contributed by atoms with van der Waals surface area (Å²) in [5.41, 5.74) is 3.19. The summed E-state index contributed by atoms with van der Waals surface area (Å²) in [6, 6.07) is 14.9. The van der Waals surface area contributed by atoms with Crippen LogP contribution in [-0.4, -0.2) is 23.8 Å². The maximum atomic E-state index is 12.3. The van der Waals surface area contributed by atoms with Gasteiger partial charge < -0.3 is 16.0 Å². The van der Waals surface area contributed by atoms with Gasteiger partial charge in [-0.25, -0.2) is 0 Å². The average molecular weight is 377 g/mol. The van der Waals surface area contributed by atoms with Gasteiger partial charge in [-0.1, -0.05) is 18.2 Å². The topological polar surface area (TPSA) is 87.3 Å². The molecule has 3 amide bonds. The van der Waals surface area contributed by atoms with Crippen molar-refractivity contribution in [1.29, 1.82) is 0 Å². The first kappa shape index (κ1) is 18.2. The molecule has 2 aromatic carbocycles. The third-order valence-corrected chi connectivity index (χ3v) is 5.18. The molecule has 1 aliphatic heterocycles. The van der Waals surface area contributed by atoms with E-state index in [1.165, 1.54) is 0 Å². The van der Waals surface area contributed by atoms with E-state index >= 15 is 0 Å². The number of carbonyl (C=O) groups is 3. The van der Waals surface area contributed by atoms with Crippen molar-refractivity contribution < 1.29 is 14.4 Å². The van der Waals surface area contributed by atoms with Gasteiger partial charge in [-0.2, -0.15) is 0 Å². The molecule has 0 bridgehead atoms. The molecule has 1 saturated carbocycles. The molecule has 4 rings (SSSR count). The van der Waals surface area contributed by atoms with E-state index < -0.39 is 0 Å². The zero-order valence-corrected chi connectivity index (χ0v) is 15.5. The van der Waals surface area contributed by atoms with Crippen LogP contribution in [0.5, 0.6) is 0 Å². The standard InChI is InChI=1S/C22H23N3O3/c26-20(12-7-16-13-15-3-1-2-4-19(15)25-22(16)28)23-17-8-5-14(6-9-17)21(27)24-18-10-11-18/h1-6,8-9,16,18H,7,10-13H2,(H,23,26)(H,24,27)(H,25,28). The lowest BCUT2D eigenvalue weighted by atomic mass is 9.89. The first-order valence-corrected chi connectivity index (χ1v) is 9.68. The van der Waals surface area contributed by atoms with Gasteiger partial charge in [0.15, 0.2) is 0 Å². The van der Waals surface area contributed by atoms with Crippen LogP contribution in [0.2, 0.25) is 0 Å². The summed E-state index contributed by atoms with van der Waals surface area (Å²) in [6.07, 6.45) is 3.51. The minimum atomic E-state index is -0.200. The van der Waals surface area contributed by atoms with E-state index in [0.717, 1.165) is 24.1 Å². The van der Waals surface area contributed by atoms with E-state index in [9.17, 15) is 14.4 Å². The molecule has 1 fully saturated rings. The van der Waals surface area contributed by atoms with Gasteiger partial charge in [-0.05, 0) is 61.6 Å². The largest absolute Gasteiger partial charge is 0.349 e. The monoisotopic (exact) mass is 377 g/mol. The number of benzene rings is 2. The number of para-hydroxylation sites is 1. The van der Waals surface area contributed by atoms with Crippen LogP contribution in [0.15, 0.2) is 48.5 Å². The van der Waals surface area contributed by atoms with Crippen LogP contribution in [-0.2, 0) is 16.0 Å². The molecule has 0 saturated heterocycles. The number of amides is 3. The van der Waals surface area contributed by atoms with Crippen molar-refractivity contribution in [2.24, 2.45) is 5.92 Å². The maximum absolute atomic E-state index is 12.3. The molecule has 0 radical (unpaired) electrons. The zero-order valence-electron chi connectivity index (χ0n) is 15.5. The van der Waals surface area contributed by atoms with Crippen LogP contribution in [0.4, 0.5) is 11.4 Å². The Balaban J connectivity index is 1.27. The average Bonchev–Trinajstić information content (AvgIpc) is 3.51. The van der Waals surface area contributed by atoms with E-state index in [2.05, 4.69) is 16.0 Å². The Labute approximate surface area is 163 Å². The molecule has 0 spiro atoms. The number of rotatable bonds is 6. The summed E-state index contributed by atoms with van der Waals surface area (Å²) in [4.78, 5) is 36.5. The number of carbonyl (C=O) groups excluding carboxylic acids is 3. The number of hydrogen-bond acceptors (Lipinski definition) is 3. The van der Waals surface area contributed by atoms with E-state index in [-0.39, 0.29) is 30.1 Å². The zero-order chi connectivity index (χ0) is 19.5. The molecule has 6 nitrogen and oxygen atoms in total. The molecule has 6 heteroatoms. The number of anilines is 2. The number of fused-ring (bicyclic) bond motifs is 1. The molecule has 2 aliphatic rings. The third kappa shape index (κ3) is 4.39. The molecular formula is C22H23N3O3. The summed E-state index contributed by atoms with van der Waals surface area (Å²) in [5, 5.41) is 8.68. The van der Waals surface area contributed by atoms with E-state index in [4.69, 9.17) is 0 Å². The highest BCUT2D eigenvalue weighted by atomic mass is 16.2. The fraction of sp³-hybridized carbons (Fsp3) is 0.318. The van der Waals surface area contributed by atoms with Gasteiger partial charge in [-0.3, -0.25) is 14.4 Å². The van der Waals surface area contributed by atoms with E-state index in [0.29, 0.717) is 30.1 Å². The number of nitrogens with one attached hydrogen (secondary N) is 3. The Kier molecular flexibility index (Phi) is 5.10.